The third-order valence-corrected chi connectivity index (χ3v) is 6.72. The lowest BCUT2D eigenvalue weighted by atomic mass is 10.1. The SMILES string of the molecule is Cl.O=S(=O)(NCCN1CCN(c2nccnc2-c2ccc(F)cc2)CC1)c1ccccc1. The quantitative estimate of drug-likeness (QED) is 0.563. The van der Waals surface area contributed by atoms with Gasteiger partial charge in [-0.25, -0.2) is 22.5 Å². The summed E-state index contributed by atoms with van der Waals surface area (Å²) in [6.07, 6.45) is 3.30. The molecule has 2 aromatic carbocycles. The molecule has 32 heavy (non-hydrogen) atoms. The van der Waals surface area contributed by atoms with E-state index in [0.29, 0.717) is 13.1 Å². The van der Waals surface area contributed by atoms with Crippen molar-refractivity contribution in [1.29, 1.82) is 0 Å². The van der Waals surface area contributed by atoms with Gasteiger partial charge in [0.1, 0.15) is 11.5 Å². The van der Waals surface area contributed by atoms with Gasteiger partial charge in [0.25, 0.3) is 0 Å². The highest BCUT2D eigenvalue weighted by Gasteiger charge is 2.22. The Balaban J connectivity index is 0.00000289. The second kappa shape index (κ2) is 10.8. The molecular formula is C22H25ClFN5O2S. The number of anilines is 1. The van der Waals surface area contributed by atoms with Gasteiger partial charge in [0.05, 0.1) is 4.90 Å². The highest BCUT2D eigenvalue weighted by Crippen LogP contribution is 2.27. The van der Waals surface area contributed by atoms with E-state index in [-0.39, 0.29) is 23.1 Å². The standard InChI is InChI=1S/C22H24FN5O2S.ClH/c23-19-8-6-18(7-9-19)21-22(25-11-10-24-21)28-16-14-27(15-17-28)13-12-26-31(29,30)20-4-2-1-3-5-20;/h1-11,26H,12-17H2;1H. The molecule has 4 rings (SSSR count). The molecule has 0 saturated carbocycles. The van der Waals surface area contributed by atoms with Gasteiger partial charge in [-0.3, -0.25) is 9.88 Å². The van der Waals surface area contributed by atoms with Crippen LogP contribution in [0.3, 0.4) is 0 Å². The lowest BCUT2D eigenvalue weighted by Gasteiger charge is -2.35. The predicted molar refractivity (Wildman–Crippen MR) is 125 cm³/mol. The fourth-order valence-corrected chi connectivity index (χ4v) is 4.62. The van der Waals surface area contributed by atoms with Crippen molar-refractivity contribution in [2.45, 2.75) is 4.90 Å². The topological polar surface area (TPSA) is 78.4 Å². The first kappa shape index (κ1) is 24.1. The number of hydrogen-bond acceptors (Lipinski definition) is 6. The first-order valence-electron chi connectivity index (χ1n) is 10.1. The van der Waals surface area contributed by atoms with Crippen molar-refractivity contribution >= 4 is 28.2 Å². The van der Waals surface area contributed by atoms with E-state index in [1.807, 2.05) is 0 Å². The van der Waals surface area contributed by atoms with Gasteiger partial charge in [-0.15, -0.1) is 12.4 Å². The van der Waals surface area contributed by atoms with Crippen LogP contribution in [0.15, 0.2) is 71.9 Å². The maximum atomic E-state index is 13.3. The number of aromatic nitrogens is 2. The van der Waals surface area contributed by atoms with Crippen LogP contribution in [0, 0.1) is 5.82 Å². The summed E-state index contributed by atoms with van der Waals surface area (Å²) in [5.74, 6) is 0.490. The Labute approximate surface area is 193 Å². The average Bonchev–Trinajstić information content (AvgIpc) is 2.81. The Morgan fingerprint density at radius 1 is 0.906 bits per heavy atom. The zero-order chi connectivity index (χ0) is 21.7. The van der Waals surface area contributed by atoms with E-state index in [0.717, 1.165) is 43.3 Å². The summed E-state index contributed by atoms with van der Waals surface area (Å²) < 4.78 is 40.6. The largest absolute Gasteiger partial charge is 0.352 e. The summed E-state index contributed by atoms with van der Waals surface area (Å²) in [6.45, 7) is 4.05. The predicted octanol–water partition coefficient (Wildman–Crippen LogP) is 2.81. The van der Waals surface area contributed by atoms with Crippen LogP contribution in [-0.4, -0.2) is 62.6 Å². The molecule has 0 spiro atoms. The van der Waals surface area contributed by atoms with Crippen molar-refractivity contribution in [3.63, 3.8) is 0 Å². The molecule has 0 bridgehead atoms. The third-order valence-electron chi connectivity index (χ3n) is 5.24. The van der Waals surface area contributed by atoms with Crippen molar-refractivity contribution in [3.8, 4) is 11.3 Å². The molecule has 1 aromatic heterocycles. The van der Waals surface area contributed by atoms with Gasteiger partial charge < -0.3 is 4.90 Å². The van der Waals surface area contributed by atoms with Crippen molar-refractivity contribution in [3.05, 3.63) is 72.8 Å². The van der Waals surface area contributed by atoms with Crippen LogP contribution >= 0.6 is 12.4 Å². The maximum absolute atomic E-state index is 13.3. The molecule has 1 fully saturated rings. The van der Waals surface area contributed by atoms with Crippen molar-refractivity contribution in [1.82, 2.24) is 19.6 Å². The Morgan fingerprint density at radius 2 is 1.56 bits per heavy atom. The monoisotopic (exact) mass is 477 g/mol. The fourth-order valence-electron chi connectivity index (χ4n) is 3.58. The van der Waals surface area contributed by atoms with Crippen molar-refractivity contribution in [2.75, 3.05) is 44.2 Å². The van der Waals surface area contributed by atoms with Crippen LogP contribution in [0.1, 0.15) is 0 Å². The van der Waals surface area contributed by atoms with Gasteiger partial charge >= 0.3 is 0 Å². The summed E-state index contributed by atoms with van der Waals surface area (Å²) in [7, 11) is -3.49. The van der Waals surface area contributed by atoms with Crippen LogP contribution in [0.25, 0.3) is 11.3 Å². The first-order valence-corrected chi connectivity index (χ1v) is 11.6. The van der Waals surface area contributed by atoms with E-state index in [9.17, 15) is 12.8 Å². The van der Waals surface area contributed by atoms with E-state index in [1.54, 1.807) is 54.9 Å². The molecule has 0 aliphatic carbocycles. The minimum atomic E-state index is -3.49. The van der Waals surface area contributed by atoms with Crippen LogP contribution < -0.4 is 9.62 Å². The number of nitrogens with one attached hydrogen (secondary N) is 1. The van der Waals surface area contributed by atoms with E-state index >= 15 is 0 Å². The maximum Gasteiger partial charge on any atom is 0.240 e. The molecular weight excluding hydrogens is 453 g/mol. The number of nitrogens with zero attached hydrogens (tertiary/aromatic N) is 4. The zero-order valence-electron chi connectivity index (χ0n) is 17.4. The first-order chi connectivity index (χ1) is 15.0. The Hall–Kier alpha value is -2.59. The van der Waals surface area contributed by atoms with Gasteiger partial charge in [-0.2, -0.15) is 0 Å². The lowest BCUT2D eigenvalue weighted by Crippen LogP contribution is -2.48. The molecule has 7 nitrogen and oxygen atoms in total. The Morgan fingerprint density at radius 3 is 2.25 bits per heavy atom. The molecule has 170 valence electrons. The van der Waals surface area contributed by atoms with Gasteiger partial charge in [0.15, 0.2) is 5.82 Å². The highest BCUT2D eigenvalue weighted by molar-refractivity contribution is 7.89. The Kier molecular flexibility index (Phi) is 8.14. The van der Waals surface area contributed by atoms with Crippen molar-refractivity contribution < 1.29 is 12.8 Å². The van der Waals surface area contributed by atoms with E-state index in [4.69, 9.17) is 0 Å². The Bertz CT molecular complexity index is 1110. The number of halogens is 2. The number of rotatable bonds is 7. The van der Waals surface area contributed by atoms with Crippen LogP contribution in [0.5, 0.6) is 0 Å². The van der Waals surface area contributed by atoms with E-state index in [1.165, 1.54) is 12.1 Å². The van der Waals surface area contributed by atoms with Gasteiger partial charge in [0.2, 0.25) is 10.0 Å². The summed E-state index contributed by atoms with van der Waals surface area (Å²) >= 11 is 0. The third kappa shape index (κ3) is 5.80. The summed E-state index contributed by atoms with van der Waals surface area (Å²) in [4.78, 5) is 13.6. The molecule has 2 heterocycles. The molecule has 1 aliphatic rings. The molecule has 0 unspecified atom stereocenters. The number of hydrogen-bond donors (Lipinski definition) is 1. The second-order valence-corrected chi connectivity index (χ2v) is 9.04. The van der Waals surface area contributed by atoms with Crippen LogP contribution in [0.4, 0.5) is 10.2 Å². The molecule has 0 amide bonds. The van der Waals surface area contributed by atoms with E-state index in [2.05, 4.69) is 24.5 Å². The van der Waals surface area contributed by atoms with Gasteiger partial charge in [-0.05, 0) is 36.4 Å². The zero-order valence-corrected chi connectivity index (χ0v) is 19.0. The number of piperazine rings is 1. The molecule has 0 radical (unpaired) electrons. The van der Waals surface area contributed by atoms with E-state index < -0.39 is 10.0 Å². The molecule has 1 saturated heterocycles. The van der Waals surface area contributed by atoms with Crippen molar-refractivity contribution in [2.24, 2.45) is 0 Å². The van der Waals surface area contributed by atoms with Gasteiger partial charge in [0, 0.05) is 57.2 Å². The number of sulfonamides is 1. The number of benzene rings is 2. The van der Waals surface area contributed by atoms with Gasteiger partial charge in [-0.1, -0.05) is 18.2 Å². The molecule has 0 atom stereocenters. The highest BCUT2D eigenvalue weighted by atomic mass is 35.5. The minimum absolute atomic E-state index is 0. The summed E-state index contributed by atoms with van der Waals surface area (Å²) in [6, 6.07) is 14.6. The van der Waals surface area contributed by atoms with Crippen LogP contribution in [0.2, 0.25) is 0 Å². The summed E-state index contributed by atoms with van der Waals surface area (Å²) in [5, 5.41) is 0. The normalized spacial score (nSPS) is 14.7. The molecule has 1 N–H and O–H groups in total. The fraction of sp³-hybridized carbons (Fsp3) is 0.273. The summed E-state index contributed by atoms with van der Waals surface area (Å²) in [5.41, 5.74) is 1.55. The molecule has 1 aliphatic heterocycles. The lowest BCUT2D eigenvalue weighted by molar-refractivity contribution is 0.261. The van der Waals surface area contributed by atoms with Crippen LogP contribution in [-0.2, 0) is 10.0 Å². The molecule has 10 heteroatoms. The average molecular weight is 478 g/mol. The molecule has 3 aromatic rings. The second-order valence-electron chi connectivity index (χ2n) is 7.27. The smallest absolute Gasteiger partial charge is 0.240 e. The minimum Gasteiger partial charge on any atom is -0.352 e.